The van der Waals surface area contributed by atoms with Crippen LogP contribution >= 0.6 is 0 Å². The van der Waals surface area contributed by atoms with Gasteiger partial charge in [0.2, 0.25) is 11.8 Å². The molecular weight excluding hydrogens is 422 g/mol. The number of likely N-dealkylation sites (tertiary alicyclic amines) is 1. The van der Waals surface area contributed by atoms with Crippen LogP contribution in [0.2, 0.25) is 0 Å². The van der Waals surface area contributed by atoms with Crippen LogP contribution in [0.5, 0.6) is 0 Å². The first-order valence-electron chi connectivity index (χ1n) is 9.93. The molecule has 4 N–H and O–H groups in total. The molecule has 1 aliphatic heterocycles. The van der Waals surface area contributed by atoms with Gasteiger partial charge in [-0.25, -0.2) is 13.8 Å². The summed E-state index contributed by atoms with van der Waals surface area (Å²) in [5, 5.41) is 12.2. The van der Waals surface area contributed by atoms with Crippen LogP contribution in [0.1, 0.15) is 33.7 Å². The third-order valence-corrected chi connectivity index (χ3v) is 5.28. The fourth-order valence-corrected chi connectivity index (χ4v) is 3.67. The Morgan fingerprint density at radius 3 is 2.50 bits per heavy atom. The zero-order valence-electron chi connectivity index (χ0n) is 16.8. The maximum atomic E-state index is 14.1. The van der Waals surface area contributed by atoms with Crippen LogP contribution in [0.15, 0.2) is 46.9 Å². The van der Waals surface area contributed by atoms with Crippen molar-refractivity contribution >= 4 is 23.4 Å². The standard InChI is InChI=1S/C22H20F2N4O4/c23-15-4-1-5-16(24)17(15)20-27-18(19(25)30)21(32-20)26-13-8-6-12(7-9-13)22(31)28-10-2-3-14(28)11-29/h1,4-9,14,26,29H,2-3,10-11H2,(H2,25,30). The van der Waals surface area contributed by atoms with Crippen molar-refractivity contribution in [3.8, 4) is 11.5 Å². The minimum absolute atomic E-state index is 0.0856. The van der Waals surface area contributed by atoms with E-state index >= 15 is 0 Å². The Morgan fingerprint density at radius 1 is 1.19 bits per heavy atom. The molecule has 4 rings (SSSR count). The van der Waals surface area contributed by atoms with Gasteiger partial charge in [0.1, 0.15) is 17.2 Å². The Morgan fingerprint density at radius 2 is 1.88 bits per heavy atom. The highest BCUT2D eigenvalue weighted by Gasteiger charge is 2.29. The van der Waals surface area contributed by atoms with Crippen molar-refractivity contribution in [1.29, 1.82) is 0 Å². The molecule has 10 heteroatoms. The SMILES string of the molecule is NC(=O)c1nc(-c2c(F)cccc2F)oc1Nc1ccc(C(=O)N2CCCC2CO)cc1. The molecule has 0 bridgehead atoms. The van der Waals surface area contributed by atoms with Gasteiger partial charge in [0, 0.05) is 17.8 Å². The molecule has 166 valence electrons. The summed E-state index contributed by atoms with van der Waals surface area (Å²) in [6.07, 6.45) is 1.59. The van der Waals surface area contributed by atoms with Crippen molar-refractivity contribution < 1.29 is 27.9 Å². The van der Waals surface area contributed by atoms with Gasteiger partial charge >= 0.3 is 0 Å². The third kappa shape index (κ3) is 4.04. The van der Waals surface area contributed by atoms with Crippen LogP contribution < -0.4 is 11.1 Å². The zero-order valence-corrected chi connectivity index (χ0v) is 16.8. The van der Waals surface area contributed by atoms with Crippen molar-refractivity contribution in [1.82, 2.24) is 9.88 Å². The van der Waals surface area contributed by atoms with E-state index in [1.165, 1.54) is 6.07 Å². The molecule has 1 aliphatic rings. The molecule has 0 spiro atoms. The van der Waals surface area contributed by atoms with Crippen LogP contribution in [-0.2, 0) is 0 Å². The van der Waals surface area contributed by atoms with Gasteiger partial charge in [0.05, 0.1) is 12.6 Å². The predicted molar refractivity (Wildman–Crippen MR) is 111 cm³/mol. The number of nitrogens with zero attached hydrogens (tertiary/aromatic N) is 2. The summed E-state index contributed by atoms with van der Waals surface area (Å²) in [4.78, 5) is 29.9. The van der Waals surface area contributed by atoms with Crippen LogP contribution in [0.25, 0.3) is 11.5 Å². The highest BCUT2D eigenvalue weighted by atomic mass is 19.1. The summed E-state index contributed by atoms with van der Waals surface area (Å²) in [5.74, 6) is -3.57. The van der Waals surface area contributed by atoms with Gasteiger partial charge in [-0.2, -0.15) is 0 Å². The molecule has 8 nitrogen and oxygen atoms in total. The number of aliphatic hydroxyl groups excluding tert-OH is 1. The average molecular weight is 442 g/mol. The topological polar surface area (TPSA) is 122 Å². The van der Waals surface area contributed by atoms with Gasteiger partial charge in [0.25, 0.3) is 11.8 Å². The lowest BCUT2D eigenvalue weighted by molar-refractivity contribution is 0.0677. The molecule has 1 saturated heterocycles. The fraction of sp³-hybridized carbons (Fsp3) is 0.227. The fourth-order valence-electron chi connectivity index (χ4n) is 3.67. The number of carbonyl (C=O) groups excluding carboxylic acids is 2. The van der Waals surface area contributed by atoms with E-state index in [0.717, 1.165) is 25.0 Å². The number of anilines is 2. The minimum atomic E-state index is -0.949. The Hall–Kier alpha value is -3.79. The number of benzene rings is 2. The Balaban J connectivity index is 1.58. The number of carbonyl (C=O) groups is 2. The maximum absolute atomic E-state index is 14.1. The molecule has 32 heavy (non-hydrogen) atoms. The summed E-state index contributed by atoms with van der Waals surface area (Å²) in [5.41, 5.74) is 5.35. The van der Waals surface area contributed by atoms with E-state index in [-0.39, 0.29) is 30.1 Å². The molecule has 2 heterocycles. The quantitative estimate of drug-likeness (QED) is 0.539. The predicted octanol–water partition coefficient (Wildman–Crippen LogP) is 3.06. The van der Waals surface area contributed by atoms with Gasteiger partial charge in [-0.15, -0.1) is 0 Å². The zero-order chi connectivity index (χ0) is 22.8. The molecule has 1 fully saturated rings. The van der Waals surface area contributed by atoms with Gasteiger partial charge < -0.3 is 25.5 Å². The van der Waals surface area contributed by atoms with Crippen LogP contribution in [0, 0.1) is 11.6 Å². The second-order valence-corrected chi connectivity index (χ2v) is 7.34. The normalized spacial score (nSPS) is 15.7. The van der Waals surface area contributed by atoms with Crippen molar-refractivity contribution in [2.75, 3.05) is 18.5 Å². The van der Waals surface area contributed by atoms with Crippen LogP contribution in [0.4, 0.5) is 20.4 Å². The summed E-state index contributed by atoms with van der Waals surface area (Å²) in [7, 11) is 0. The Bertz CT molecular complexity index is 1140. The highest BCUT2D eigenvalue weighted by molar-refractivity contribution is 5.97. The lowest BCUT2D eigenvalue weighted by Gasteiger charge is -2.23. The number of halogens is 2. The number of nitrogens with one attached hydrogen (secondary N) is 1. The van der Waals surface area contributed by atoms with Crippen LogP contribution in [0.3, 0.4) is 0 Å². The number of primary amides is 1. The summed E-state index contributed by atoms with van der Waals surface area (Å²) in [6.45, 7) is 0.497. The van der Waals surface area contributed by atoms with E-state index in [9.17, 15) is 23.5 Å². The molecule has 3 aromatic rings. The first kappa shape index (κ1) is 21.4. The number of aliphatic hydroxyl groups is 1. The van der Waals surface area contributed by atoms with Gasteiger partial charge in [-0.3, -0.25) is 9.59 Å². The second-order valence-electron chi connectivity index (χ2n) is 7.34. The number of hydrogen-bond acceptors (Lipinski definition) is 6. The number of amides is 2. The number of aromatic nitrogens is 1. The number of nitrogens with two attached hydrogens (primary N) is 1. The Labute approximate surface area is 181 Å². The maximum Gasteiger partial charge on any atom is 0.273 e. The van der Waals surface area contributed by atoms with E-state index in [0.29, 0.717) is 17.8 Å². The number of oxazole rings is 1. The van der Waals surface area contributed by atoms with E-state index in [4.69, 9.17) is 10.2 Å². The van der Waals surface area contributed by atoms with Crippen molar-refractivity contribution in [3.05, 3.63) is 65.4 Å². The molecule has 1 aromatic heterocycles. The third-order valence-electron chi connectivity index (χ3n) is 5.28. The molecule has 0 radical (unpaired) electrons. The van der Waals surface area contributed by atoms with E-state index in [2.05, 4.69) is 10.3 Å². The summed E-state index contributed by atoms with van der Waals surface area (Å²) in [6, 6.07) is 9.39. The van der Waals surface area contributed by atoms with Crippen LogP contribution in [-0.4, -0.2) is 46.0 Å². The van der Waals surface area contributed by atoms with E-state index in [1.54, 1.807) is 29.2 Å². The second kappa shape index (κ2) is 8.75. The van der Waals surface area contributed by atoms with Crippen molar-refractivity contribution in [2.45, 2.75) is 18.9 Å². The molecule has 0 saturated carbocycles. The van der Waals surface area contributed by atoms with Gasteiger partial charge in [-0.1, -0.05) is 6.07 Å². The minimum Gasteiger partial charge on any atom is -0.419 e. The summed E-state index contributed by atoms with van der Waals surface area (Å²) < 4.78 is 33.6. The smallest absolute Gasteiger partial charge is 0.273 e. The van der Waals surface area contributed by atoms with E-state index < -0.39 is 29.0 Å². The van der Waals surface area contributed by atoms with Crippen molar-refractivity contribution in [2.24, 2.45) is 5.73 Å². The van der Waals surface area contributed by atoms with Gasteiger partial charge in [-0.05, 0) is 49.2 Å². The van der Waals surface area contributed by atoms with Crippen molar-refractivity contribution in [3.63, 3.8) is 0 Å². The molecule has 2 amide bonds. The molecule has 2 aromatic carbocycles. The number of rotatable bonds is 6. The Kier molecular flexibility index (Phi) is 5.87. The monoisotopic (exact) mass is 442 g/mol. The molecule has 1 atom stereocenters. The largest absolute Gasteiger partial charge is 0.419 e. The number of hydrogen-bond donors (Lipinski definition) is 3. The first-order chi connectivity index (χ1) is 15.4. The average Bonchev–Trinajstić information content (AvgIpc) is 3.41. The van der Waals surface area contributed by atoms with Gasteiger partial charge in [0.15, 0.2) is 5.69 Å². The summed E-state index contributed by atoms with van der Waals surface area (Å²) >= 11 is 0. The lowest BCUT2D eigenvalue weighted by atomic mass is 10.1. The molecular formula is C22H20F2N4O4. The highest BCUT2D eigenvalue weighted by Crippen LogP contribution is 2.31. The molecule has 0 aliphatic carbocycles. The lowest BCUT2D eigenvalue weighted by Crippen LogP contribution is -2.37. The first-order valence-corrected chi connectivity index (χ1v) is 9.93. The molecule has 1 unspecified atom stereocenters. The van der Waals surface area contributed by atoms with E-state index in [1.807, 2.05) is 0 Å².